The molecule has 0 saturated heterocycles. The van der Waals surface area contributed by atoms with Crippen molar-refractivity contribution in [3.05, 3.63) is 92.3 Å². The second-order valence-corrected chi connectivity index (χ2v) is 17.9. The summed E-state index contributed by atoms with van der Waals surface area (Å²) in [6.07, 6.45) is -6.55. The van der Waals surface area contributed by atoms with E-state index >= 15 is 0 Å². The van der Waals surface area contributed by atoms with Crippen LogP contribution in [0.15, 0.2) is 65.0 Å². The molecule has 2 heterocycles. The second kappa shape index (κ2) is 19.7. The molecule has 18 heteroatoms. The molecule has 62 heavy (non-hydrogen) atoms. The summed E-state index contributed by atoms with van der Waals surface area (Å²) < 4.78 is 83.7. The maximum atomic E-state index is 13.1. The van der Waals surface area contributed by atoms with Crippen LogP contribution in [-0.2, 0) is 31.5 Å². The van der Waals surface area contributed by atoms with E-state index in [1.807, 2.05) is 27.7 Å². The third kappa shape index (κ3) is 11.7. The number of ether oxygens (including phenoxy) is 1. The summed E-state index contributed by atoms with van der Waals surface area (Å²) in [5, 5.41) is 13.9. The monoisotopic (exact) mass is 904 g/mol. The number of benzene rings is 2. The molecular weight excluding hydrogens is 859 g/mol. The number of ketones is 2. The molecule has 0 fully saturated rings. The molecule has 1 amide bonds. The molecule has 10 nitrogen and oxygen atoms in total. The molecule has 2 aromatic heterocycles. The number of carbonyl (C=O) groups excluding carboxylic acids is 4. The highest BCUT2D eigenvalue weighted by Crippen LogP contribution is 2.46. The molecule has 0 radical (unpaired) electrons. The minimum atomic E-state index is -4.47. The van der Waals surface area contributed by atoms with E-state index in [2.05, 4.69) is 20.3 Å². The van der Waals surface area contributed by atoms with Crippen molar-refractivity contribution in [3.63, 3.8) is 0 Å². The number of aliphatic imine (C=N–C) groups is 1. The van der Waals surface area contributed by atoms with Gasteiger partial charge in [-0.3, -0.25) is 9.59 Å². The van der Waals surface area contributed by atoms with E-state index < -0.39 is 40.4 Å². The van der Waals surface area contributed by atoms with Gasteiger partial charge in [0, 0.05) is 57.6 Å². The molecule has 0 saturated carbocycles. The highest BCUT2D eigenvalue weighted by molar-refractivity contribution is 7.15. The van der Waals surface area contributed by atoms with E-state index in [0.29, 0.717) is 74.6 Å². The van der Waals surface area contributed by atoms with E-state index in [1.54, 1.807) is 39.8 Å². The lowest BCUT2D eigenvalue weighted by molar-refractivity contribution is -0.138. The number of Topliss-reactive ketones (excluding diaryl/α,β-unsaturated/α-hetero) is 2. The Bertz CT molecular complexity index is 2440. The van der Waals surface area contributed by atoms with Crippen molar-refractivity contribution in [3.8, 4) is 21.1 Å². The molecule has 0 unspecified atom stereocenters. The van der Waals surface area contributed by atoms with Crippen LogP contribution in [0.1, 0.15) is 99.5 Å². The smallest absolute Gasteiger partial charge is 0.416 e. The quantitative estimate of drug-likeness (QED) is 0.106. The topological polar surface area (TPSA) is 148 Å². The number of isocyanates is 1. The Kier molecular flexibility index (Phi) is 15.7. The Morgan fingerprint density at radius 2 is 1.26 bits per heavy atom. The van der Waals surface area contributed by atoms with Crippen LogP contribution in [0.2, 0.25) is 0 Å². The number of allylic oxidation sites excluding steroid dienone is 4. The fourth-order valence-electron chi connectivity index (χ4n) is 6.44. The molecule has 0 bridgehead atoms. The van der Waals surface area contributed by atoms with Crippen LogP contribution in [0.3, 0.4) is 0 Å². The number of hydrogen-bond donors (Lipinski definition) is 2. The first-order valence-electron chi connectivity index (χ1n) is 19.4. The molecule has 4 aromatic rings. The summed E-state index contributed by atoms with van der Waals surface area (Å²) >= 11 is 2.40. The third-order valence-corrected chi connectivity index (χ3v) is 12.0. The molecule has 332 valence electrons. The Hall–Kier alpha value is -5.45. The summed E-state index contributed by atoms with van der Waals surface area (Å²) in [7, 11) is 0. The molecule has 2 N–H and O–H groups in total. The van der Waals surface area contributed by atoms with E-state index in [9.17, 15) is 45.8 Å². The van der Waals surface area contributed by atoms with Crippen molar-refractivity contribution in [2.75, 3.05) is 13.1 Å². The van der Waals surface area contributed by atoms with Crippen LogP contribution < -0.4 is 5.32 Å². The standard InChI is InChI=1S/C22H23F3N2O3S.C19H18F3NO2S.C3H5NO/c1-5-26-20(29)30-18-16(15(28)9-10-21(18,3)4)17-12(2)31-19(27-17)13-7-6-8-14(11-13)22(23,24)25;1-10-15(14-13(24)7-8-18(2,3)16(14)25)23-17(26-10)11-5-4-6-12(9-11)19(20,21)22;1-2-4-3-5/h6-8,11H,5,9-10H2,1-4H3,(H,26,29);4-6,9,25H,7-8H2,1-3H3;2H2,1H3. The minimum Gasteiger partial charge on any atom is -0.511 e. The summed E-state index contributed by atoms with van der Waals surface area (Å²) in [5.41, 5.74) is -0.883. The van der Waals surface area contributed by atoms with Crippen molar-refractivity contribution in [1.29, 1.82) is 0 Å². The molecular formula is C44H46F6N4O6S2. The molecule has 0 spiro atoms. The molecule has 2 aliphatic carbocycles. The fourth-order valence-corrected chi connectivity index (χ4v) is 8.27. The maximum absolute atomic E-state index is 13.1. The largest absolute Gasteiger partial charge is 0.511 e. The number of thiazole rings is 2. The molecule has 2 aliphatic rings. The predicted molar refractivity (Wildman–Crippen MR) is 226 cm³/mol. The lowest BCUT2D eigenvalue weighted by atomic mass is 9.76. The third-order valence-electron chi connectivity index (χ3n) is 9.91. The summed E-state index contributed by atoms with van der Waals surface area (Å²) in [6, 6.07) is 9.85. The number of amides is 1. The first-order chi connectivity index (χ1) is 28.9. The second-order valence-electron chi connectivity index (χ2n) is 15.5. The van der Waals surface area contributed by atoms with Crippen molar-refractivity contribution < 1.29 is 55.4 Å². The van der Waals surface area contributed by atoms with Gasteiger partial charge in [0.05, 0.1) is 33.7 Å². The van der Waals surface area contributed by atoms with Crippen molar-refractivity contribution in [1.82, 2.24) is 15.3 Å². The number of nitrogens with one attached hydrogen (secondary N) is 1. The van der Waals surface area contributed by atoms with Gasteiger partial charge in [-0.2, -0.15) is 26.3 Å². The van der Waals surface area contributed by atoms with Crippen LogP contribution >= 0.6 is 22.7 Å². The van der Waals surface area contributed by atoms with E-state index in [0.717, 1.165) is 24.3 Å². The number of alkyl carbamates (subject to hydrolysis) is 1. The van der Waals surface area contributed by atoms with Gasteiger partial charge in [-0.1, -0.05) is 52.0 Å². The number of aromatic nitrogens is 2. The number of carbonyl (C=O) groups is 3. The van der Waals surface area contributed by atoms with E-state index in [4.69, 9.17) is 9.53 Å². The van der Waals surface area contributed by atoms with Crippen LogP contribution in [-0.4, -0.2) is 51.9 Å². The van der Waals surface area contributed by atoms with Gasteiger partial charge < -0.3 is 15.2 Å². The van der Waals surface area contributed by atoms with Crippen LogP contribution in [0.5, 0.6) is 0 Å². The van der Waals surface area contributed by atoms with E-state index in [1.165, 1.54) is 40.9 Å². The highest BCUT2D eigenvalue weighted by Gasteiger charge is 2.40. The van der Waals surface area contributed by atoms with Crippen molar-refractivity contribution >= 4 is 57.6 Å². The Morgan fingerprint density at radius 1 is 0.806 bits per heavy atom. The van der Waals surface area contributed by atoms with Gasteiger partial charge in [0.2, 0.25) is 6.08 Å². The maximum Gasteiger partial charge on any atom is 0.416 e. The Labute approximate surface area is 362 Å². The van der Waals surface area contributed by atoms with E-state index in [-0.39, 0.29) is 40.7 Å². The number of aliphatic hydroxyl groups is 1. The van der Waals surface area contributed by atoms with Crippen LogP contribution in [0.25, 0.3) is 32.3 Å². The average Bonchev–Trinajstić information content (AvgIpc) is 3.77. The first-order valence-corrected chi connectivity index (χ1v) is 21.0. The summed E-state index contributed by atoms with van der Waals surface area (Å²) in [4.78, 5) is 59.9. The average molecular weight is 905 g/mol. The number of rotatable bonds is 7. The molecule has 2 aromatic carbocycles. The minimum absolute atomic E-state index is 0.00209. The zero-order valence-corrected chi connectivity index (χ0v) is 36.9. The van der Waals surface area contributed by atoms with Crippen LogP contribution in [0.4, 0.5) is 31.1 Å². The normalized spacial score (nSPS) is 16.1. The zero-order valence-electron chi connectivity index (χ0n) is 35.3. The molecule has 0 aliphatic heterocycles. The lowest BCUT2D eigenvalue weighted by Crippen LogP contribution is -2.32. The van der Waals surface area contributed by atoms with Crippen molar-refractivity contribution in [2.24, 2.45) is 15.8 Å². The van der Waals surface area contributed by atoms with Gasteiger partial charge in [-0.05, 0) is 64.8 Å². The molecule has 6 rings (SSSR count). The van der Waals surface area contributed by atoms with Gasteiger partial charge in [-0.25, -0.2) is 24.5 Å². The number of halogens is 6. The van der Waals surface area contributed by atoms with Crippen LogP contribution in [0, 0.1) is 24.7 Å². The number of aliphatic hydroxyl groups excluding tert-OH is 1. The molecule has 0 atom stereocenters. The van der Waals surface area contributed by atoms with Gasteiger partial charge in [0.25, 0.3) is 0 Å². The fraction of sp³-hybridized carbons (Fsp3) is 0.409. The number of alkyl halides is 6. The Balaban J connectivity index is 0.000000249. The SMILES string of the molecule is CCN=C=O.CCNC(=O)OC1=C(c2nc(-c3cccc(C(F)(F)F)c3)sc2C)C(=O)CCC1(C)C.Cc1sc(-c2cccc(C(F)(F)F)c2)nc1C1=C(O)C(C)(C)CCC1=O. The first kappa shape index (κ1) is 49.2. The van der Waals surface area contributed by atoms with Crippen molar-refractivity contribution in [2.45, 2.75) is 93.4 Å². The summed E-state index contributed by atoms with van der Waals surface area (Å²) in [5.74, 6) is -0.162. The summed E-state index contributed by atoms with van der Waals surface area (Å²) in [6.45, 7) is 15.4. The number of aryl methyl sites for hydroxylation is 2. The van der Waals surface area contributed by atoms with Gasteiger partial charge in [-0.15, -0.1) is 22.7 Å². The number of nitrogens with zero attached hydrogens (tertiary/aromatic N) is 3. The lowest BCUT2D eigenvalue weighted by Gasteiger charge is -2.32. The van der Waals surface area contributed by atoms with Gasteiger partial charge in [0.15, 0.2) is 11.6 Å². The number of hydrogen-bond acceptors (Lipinski definition) is 11. The van der Waals surface area contributed by atoms with Gasteiger partial charge >= 0.3 is 18.4 Å². The Morgan fingerprint density at radius 3 is 1.68 bits per heavy atom. The highest BCUT2D eigenvalue weighted by atomic mass is 32.1. The van der Waals surface area contributed by atoms with Gasteiger partial charge in [0.1, 0.15) is 21.5 Å². The predicted octanol–water partition coefficient (Wildman–Crippen LogP) is 12.1. The zero-order chi connectivity index (χ0) is 46.4.